The van der Waals surface area contributed by atoms with Gasteiger partial charge in [0, 0.05) is 25.3 Å². The second-order valence-electron chi connectivity index (χ2n) is 15.1. The highest BCUT2D eigenvalue weighted by atomic mass is 35.5. The molecule has 3 fully saturated rings. The van der Waals surface area contributed by atoms with Crippen molar-refractivity contribution in [3.8, 4) is 0 Å². The van der Waals surface area contributed by atoms with Gasteiger partial charge >= 0.3 is 5.97 Å². The van der Waals surface area contributed by atoms with E-state index < -0.39 is 56.2 Å². The van der Waals surface area contributed by atoms with Crippen LogP contribution in [0.3, 0.4) is 0 Å². The zero-order valence-electron chi connectivity index (χ0n) is 29.2. The van der Waals surface area contributed by atoms with E-state index in [-0.39, 0.29) is 43.4 Å². The molecule has 2 saturated carbocycles. The molecule has 274 valence electrons. The van der Waals surface area contributed by atoms with Crippen LogP contribution in [0.5, 0.6) is 0 Å². The van der Waals surface area contributed by atoms with Crippen molar-refractivity contribution in [1.82, 2.24) is 14.6 Å². The van der Waals surface area contributed by atoms with Crippen LogP contribution in [0, 0.1) is 24.2 Å². The van der Waals surface area contributed by atoms with Crippen LogP contribution >= 0.6 is 22.9 Å². The van der Waals surface area contributed by atoms with Crippen molar-refractivity contribution in [3.63, 3.8) is 0 Å². The standard InChI is InChI=1S/C28H42N2O8S.C8H6ClNS/c1-27(2,3)38-24(33)13-18-9-7-5-4-6-8-10-19-15-28(19,26(35)29-39(36,37)21-11-12-21)16-23(32)22-14-20(31)17-30(22)25(18)34;1-5-3-2-4-6-7(5)11-8(9)10-6/h8,10,18-22,31H,4-7,9,11-17H2,1-3H3,(H,29,35);2-4H,1H3/b10-8-;/t18-,19-,20-,22+,28-;/m1./s1. The maximum Gasteiger partial charge on any atom is 0.307 e. The molecule has 2 aliphatic heterocycles. The van der Waals surface area contributed by atoms with E-state index in [2.05, 4.69) is 22.7 Å². The van der Waals surface area contributed by atoms with Gasteiger partial charge in [0.25, 0.3) is 0 Å². The predicted molar refractivity (Wildman–Crippen MR) is 192 cm³/mol. The number of hydrogen-bond acceptors (Lipinski definition) is 10. The molecule has 50 heavy (non-hydrogen) atoms. The lowest BCUT2D eigenvalue weighted by Gasteiger charge is -2.29. The van der Waals surface area contributed by atoms with Gasteiger partial charge in [-0.1, -0.05) is 48.7 Å². The van der Waals surface area contributed by atoms with Crippen LogP contribution in [0.15, 0.2) is 30.4 Å². The molecule has 14 heteroatoms. The Kier molecular flexibility index (Phi) is 11.8. The molecular weight excluding hydrogens is 702 g/mol. The van der Waals surface area contributed by atoms with E-state index in [0.717, 1.165) is 31.2 Å². The van der Waals surface area contributed by atoms with Crippen molar-refractivity contribution in [2.45, 2.75) is 121 Å². The Morgan fingerprint density at radius 2 is 1.90 bits per heavy atom. The van der Waals surface area contributed by atoms with Gasteiger partial charge in [0.1, 0.15) is 5.60 Å². The number of hydrogen-bond donors (Lipinski definition) is 2. The summed E-state index contributed by atoms with van der Waals surface area (Å²) in [6.45, 7) is 7.31. The number of esters is 1. The molecule has 1 aromatic heterocycles. The Labute approximate surface area is 303 Å². The number of nitrogens with one attached hydrogen (secondary N) is 1. The third-order valence-corrected chi connectivity index (χ3v) is 12.9. The summed E-state index contributed by atoms with van der Waals surface area (Å²) in [4.78, 5) is 58.8. The topological polar surface area (TPSA) is 160 Å². The first kappa shape index (κ1) is 38.4. The van der Waals surface area contributed by atoms with Gasteiger partial charge in [-0.15, -0.1) is 11.3 Å². The van der Waals surface area contributed by atoms with Crippen LogP contribution in [0.2, 0.25) is 4.47 Å². The van der Waals surface area contributed by atoms with Gasteiger partial charge in [0.15, 0.2) is 10.3 Å². The molecule has 2 aliphatic carbocycles. The van der Waals surface area contributed by atoms with E-state index >= 15 is 0 Å². The van der Waals surface area contributed by atoms with Crippen molar-refractivity contribution in [2.24, 2.45) is 17.3 Å². The van der Waals surface area contributed by atoms with E-state index in [1.54, 1.807) is 20.8 Å². The van der Waals surface area contributed by atoms with Crippen LogP contribution in [0.25, 0.3) is 10.2 Å². The minimum absolute atomic E-state index is 0.0291. The zero-order valence-corrected chi connectivity index (χ0v) is 31.5. The summed E-state index contributed by atoms with van der Waals surface area (Å²) >= 11 is 7.30. The molecule has 0 bridgehead atoms. The van der Waals surface area contributed by atoms with Crippen molar-refractivity contribution in [1.29, 1.82) is 0 Å². The first-order valence-corrected chi connectivity index (χ1v) is 20.2. The van der Waals surface area contributed by atoms with Crippen molar-refractivity contribution >= 4 is 66.7 Å². The van der Waals surface area contributed by atoms with Crippen molar-refractivity contribution in [3.05, 3.63) is 40.4 Å². The lowest BCUT2D eigenvalue weighted by Crippen LogP contribution is -2.46. The van der Waals surface area contributed by atoms with Gasteiger partial charge in [-0.25, -0.2) is 13.4 Å². The third kappa shape index (κ3) is 9.51. The molecule has 2 amide bonds. The zero-order chi connectivity index (χ0) is 36.4. The van der Waals surface area contributed by atoms with Gasteiger partial charge in [0.2, 0.25) is 21.8 Å². The molecule has 6 rings (SSSR count). The van der Waals surface area contributed by atoms with Crippen LogP contribution in [0.1, 0.15) is 97.0 Å². The first-order chi connectivity index (χ1) is 23.5. The Bertz CT molecular complexity index is 1750. The number of Topliss-reactive ketones (excluding diaryl/α,β-unsaturated/α-hetero) is 1. The summed E-state index contributed by atoms with van der Waals surface area (Å²) in [6, 6.07) is 5.10. The molecule has 0 radical (unpaired) electrons. The van der Waals surface area contributed by atoms with Gasteiger partial charge in [-0.05, 0) is 83.8 Å². The van der Waals surface area contributed by atoms with E-state index in [9.17, 15) is 32.7 Å². The molecular formula is C36H48ClN3O8S2. The fourth-order valence-corrected chi connectivity index (χ4v) is 9.36. The number of sulfonamides is 1. The van der Waals surface area contributed by atoms with Crippen LogP contribution in [0.4, 0.5) is 0 Å². The smallest absolute Gasteiger partial charge is 0.307 e. The SMILES string of the molecule is CC(C)(C)OC(=O)C[C@H]1CCCCC/C=C\[C@@H]2C[C@@]2(C(=O)NS(=O)(=O)C2CC2)CC(=O)[C@@H]2C[C@@H](O)CN2C1=O.Cc1cccc2nc(Cl)sc12. The number of ketones is 1. The fourth-order valence-electron chi connectivity index (χ4n) is 6.90. The Hall–Kier alpha value is -2.87. The molecule has 0 unspecified atom stereocenters. The number of rotatable bonds is 5. The monoisotopic (exact) mass is 749 g/mol. The number of fused-ring (bicyclic) bond motifs is 3. The molecule has 4 aliphatic rings. The highest BCUT2D eigenvalue weighted by molar-refractivity contribution is 7.90. The van der Waals surface area contributed by atoms with E-state index in [0.29, 0.717) is 30.2 Å². The second kappa shape index (κ2) is 15.4. The maximum atomic E-state index is 13.7. The van der Waals surface area contributed by atoms with Gasteiger partial charge in [-0.3, -0.25) is 23.9 Å². The Morgan fingerprint density at radius 1 is 1.16 bits per heavy atom. The molecule has 11 nitrogen and oxygen atoms in total. The van der Waals surface area contributed by atoms with E-state index in [1.807, 2.05) is 24.3 Å². The normalized spacial score (nSPS) is 28.3. The highest BCUT2D eigenvalue weighted by Gasteiger charge is 2.61. The number of aryl methyl sites for hydroxylation is 1. The Balaban J connectivity index is 0.000000371. The van der Waals surface area contributed by atoms with E-state index in [4.69, 9.17) is 16.3 Å². The summed E-state index contributed by atoms with van der Waals surface area (Å²) < 4.78 is 34.5. The first-order valence-electron chi connectivity index (χ1n) is 17.5. The largest absolute Gasteiger partial charge is 0.460 e. The number of aromatic nitrogens is 1. The summed E-state index contributed by atoms with van der Waals surface area (Å²) in [5.41, 5.74) is 0.359. The number of carbonyl (C=O) groups excluding carboxylic acids is 4. The number of aliphatic hydroxyl groups is 1. The molecule has 5 atom stereocenters. The Morgan fingerprint density at radius 3 is 2.58 bits per heavy atom. The number of thiazole rings is 1. The average molecular weight is 750 g/mol. The number of aliphatic hydroxyl groups excluding tert-OH is 1. The number of halogens is 1. The van der Waals surface area contributed by atoms with Crippen LogP contribution in [-0.4, -0.2) is 76.5 Å². The van der Waals surface area contributed by atoms with Crippen molar-refractivity contribution < 1.29 is 37.4 Å². The minimum Gasteiger partial charge on any atom is -0.460 e. The highest BCUT2D eigenvalue weighted by Crippen LogP contribution is 2.57. The van der Waals surface area contributed by atoms with Gasteiger partial charge < -0.3 is 14.7 Å². The molecule has 1 saturated heterocycles. The predicted octanol–water partition coefficient (Wildman–Crippen LogP) is 5.65. The van der Waals surface area contributed by atoms with Crippen LogP contribution < -0.4 is 4.72 Å². The second-order valence-corrected chi connectivity index (χ2v) is 18.7. The number of benzene rings is 1. The molecule has 1 aromatic carbocycles. The minimum atomic E-state index is -3.78. The maximum absolute atomic E-state index is 13.7. The summed E-state index contributed by atoms with van der Waals surface area (Å²) in [5.74, 6) is -2.85. The molecule has 0 spiro atoms. The summed E-state index contributed by atoms with van der Waals surface area (Å²) in [5, 5.41) is 9.88. The number of ether oxygens (including phenoxy) is 1. The molecule has 2 aromatic rings. The summed E-state index contributed by atoms with van der Waals surface area (Å²) in [7, 11) is -3.78. The van der Waals surface area contributed by atoms with Gasteiger partial charge in [0.05, 0.1) is 39.4 Å². The average Bonchev–Trinajstić information content (AvgIpc) is 3.91. The third-order valence-electron chi connectivity index (χ3n) is 9.77. The molecule has 2 N–H and O–H groups in total. The number of amides is 2. The number of nitrogens with zero attached hydrogens (tertiary/aromatic N) is 2. The lowest BCUT2D eigenvalue weighted by molar-refractivity contribution is -0.159. The van der Waals surface area contributed by atoms with Crippen LogP contribution in [-0.2, 0) is 33.9 Å². The van der Waals surface area contributed by atoms with Gasteiger partial charge in [-0.2, -0.15) is 0 Å². The lowest BCUT2D eigenvalue weighted by atomic mass is 9.90. The summed E-state index contributed by atoms with van der Waals surface area (Å²) in [6.07, 6.45) is 7.71. The fraction of sp³-hybridized carbons (Fsp3) is 0.639. The quantitative estimate of drug-likeness (QED) is 0.291. The number of allylic oxidation sites excluding steroid dienone is 2. The number of carbonyl (C=O) groups is 4. The van der Waals surface area contributed by atoms with Crippen molar-refractivity contribution in [2.75, 3.05) is 6.54 Å². The molecule has 3 heterocycles. The van der Waals surface area contributed by atoms with E-state index in [1.165, 1.54) is 26.5 Å².